The minimum absolute atomic E-state index is 0.0221. The molecule has 1 aromatic carbocycles. The van der Waals surface area contributed by atoms with Gasteiger partial charge in [0.1, 0.15) is 0 Å². The molecule has 2 atom stereocenters. The smallest absolute Gasteiger partial charge is 0.311 e. The van der Waals surface area contributed by atoms with Gasteiger partial charge in [0.25, 0.3) is 0 Å². The molecule has 0 aliphatic carbocycles. The summed E-state index contributed by atoms with van der Waals surface area (Å²) in [5, 5.41) is 0. The Bertz CT molecular complexity index is 524. The Morgan fingerprint density at radius 2 is 2.00 bits per heavy atom. The number of hydrogen-bond donors (Lipinski definition) is 0. The predicted octanol–water partition coefficient (Wildman–Crippen LogP) is 2.22. The second kappa shape index (κ2) is 5.03. The Morgan fingerprint density at radius 1 is 1.32 bits per heavy atom. The third-order valence-corrected chi connectivity index (χ3v) is 3.93. The molecule has 0 bridgehead atoms. The Kier molecular flexibility index (Phi) is 3.60. The van der Waals surface area contributed by atoms with Gasteiger partial charge >= 0.3 is 5.97 Å². The van der Waals surface area contributed by atoms with Gasteiger partial charge in [-0.1, -0.05) is 6.07 Å². The van der Waals surface area contributed by atoms with Crippen LogP contribution in [0.2, 0.25) is 0 Å². The molecule has 102 valence electrons. The zero-order chi connectivity index (χ0) is 14.2. The predicted molar refractivity (Wildman–Crippen MR) is 73.0 cm³/mol. The Hall–Kier alpha value is -1.84. The molecule has 1 amide bonds. The third-order valence-electron chi connectivity index (χ3n) is 3.93. The van der Waals surface area contributed by atoms with Crippen molar-refractivity contribution in [2.45, 2.75) is 33.2 Å². The molecule has 4 nitrogen and oxygen atoms in total. The fourth-order valence-electron chi connectivity index (χ4n) is 2.55. The summed E-state index contributed by atoms with van der Waals surface area (Å²) in [6.45, 7) is 5.94. The Balaban J connectivity index is 2.32. The number of benzene rings is 1. The number of hydrogen-bond acceptors (Lipinski definition) is 3. The van der Waals surface area contributed by atoms with Crippen molar-refractivity contribution in [3.05, 3.63) is 29.3 Å². The highest BCUT2D eigenvalue weighted by Crippen LogP contribution is 2.32. The number of nitrogens with zero attached hydrogens (tertiary/aromatic N) is 1. The first-order valence-electron chi connectivity index (χ1n) is 6.43. The molecule has 0 radical (unpaired) electrons. The molecule has 19 heavy (non-hydrogen) atoms. The van der Waals surface area contributed by atoms with Crippen LogP contribution in [0.4, 0.5) is 5.69 Å². The first-order valence-corrected chi connectivity index (χ1v) is 6.43. The molecule has 0 spiro atoms. The summed E-state index contributed by atoms with van der Waals surface area (Å²) in [5.74, 6) is -0.711. The van der Waals surface area contributed by atoms with E-state index in [0.717, 1.165) is 11.3 Å². The van der Waals surface area contributed by atoms with Crippen molar-refractivity contribution in [1.82, 2.24) is 0 Å². The van der Waals surface area contributed by atoms with Crippen LogP contribution in [0.25, 0.3) is 0 Å². The van der Waals surface area contributed by atoms with E-state index in [9.17, 15) is 9.59 Å². The fraction of sp³-hybridized carbons (Fsp3) is 0.467. The van der Waals surface area contributed by atoms with Gasteiger partial charge < -0.3 is 9.64 Å². The first-order chi connectivity index (χ1) is 8.95. The number of anilines is 1. The highest BCUT2D eigenvalue weighted by atomic mass is 16.5. The van der Waals surface area contributed by atoms with E-state index in [2.05, 4.69) is 0 Å². The molecule has 2 rings (SSSR count). The van der Waals surface area contributed by atoms with E-state index in [1.54, 1.807) is 4.90 Å². The molecule has 2 unspecified atom stereocenters. The molecule has 1 heterocycles. The lowest BCUT2D eigenvalue weighted by atomic mass is 10.0. The Morgan fingerprint density at radius 3 is 2.58 bits per heavy atom. The van der Waals surface area contributed by atoms with Crippen LogP contribution in [0.5, 0.6) is 0 Å². The van der Waals surface area contributed by atoms with Crippen molar-refractivity contribution >= 4 is 17.6 Å². The quantitative estimate of drug-likeness (QED) is 0.767. The minimum Gasteiger partial charge on any atom is -0.469 e. The largest absolute Gasteiger partial charge is 0.469 e. The molecule has 1 saturated heterocycles. The van der Waals surface area contributed by atoms with Gasteiger partial charge in [-0.15, -0.1) is 0 Å². The number of ether oxygens (including phenoxy) is 1. The SMILES string of the molecule is COC(=O)C1CC(=O)N(c2ccc(C)c(C)c2)C1C. The molecule has 4 heteroatoms. The summed E-state index contributed by atoms with van der Waals surface area (Å²) in [4.78, 5) is 25.5. The van der Waals surface area contributed by atoms with Gasteiger partial charge in [-0.25, -0.2) is 0 Å². The van der Waals surface area contributed by atoms with Crippen LogP contribution < -0.4 is 4.90 Å². The lowest BCUT2D eigenvalue weighted by Gasteiger charge is -2.24. The van der Waals surface area contributed by atoms with Crippen molar-refractivity contribution in [2.75, 3.05) is 12.0 Å². The van der Waals surface area contributed by atoms with E-state index in [0.29, 0.717) is 0 Å². The normalized spacial score (nSPS) is 22.7. The average molecular weight is 261 g/mol. The van der Waals surface area contributed by atoms with Gasteiger partial charge in [0.05, 0.1) is 13.0 Å². The van der Waals surface area contributed by atoms with Gasteiger partial charge in [0, 0.05) is 18.2 Å². The van der Waals surface area contributed by atoms with Crippen molar-refractivity contribution in [2.24, 2.45) is 5.92 Å². The molecule has 1 aliphatic rings. The van der Waals surface area contributed by atoms with E-state index in [-0.39, 0.29) is 30.3 Å². The number of carbonyl (C=O) groups is 2. The number of amides is 1. The lowest BCUT2D eigenvalue weighted by molar-refractivity contribution is -0.146. The summed E-state index contributed by atoms with van der Waals surface area (Å²) in [5.41, 5.74) is 3.18. The van der Waals surface area contributed by atoms with Crippen LogP contribution >= 0.6 is 0 Å². The van der Waals surface area contributed by atoms with Gasteiger partial charge in [0.2, 0.25) is 5.91 Å². The average Bonchev–Trinajstić information content (AvgIpc) is 2.68. The highest BCUT2D eigenvalue weighted by molar-refractivity contribution is 6.00. The minimum atomic E-state index is -0.376. The highest BCUT2D eigenvalue weighted by Gasteiger charge is 2.42. The van der Waals surface area contributed by atoms with Crippen molar-refractivity contribution in [3.63, 3.8) is 0 Å². The van der Waals surface area contributed by atoms with E-state index < -0.39 is 0 Å². The van der Waals surface area contributed by atoms with E-state index in [4.69, 9.17) is 4.74 Å². The van der Waals surface area contributed by atoms with Gasteiger partial charge in [-0.05, 0) is 44.0 Å². The number of rotatable bonds is 2. The molecule has 0 N–H and O–H groups in total. The maximum Gasteiger partial charge on any atom is 0.311 e. The van der Waals surface area contributed by atoms with Gasteiger partial charge in [-0.2, -0.15) is 0 Å². The maximum atomic E-state index is 12.1. The number of carbonyl (C=O) groups excluding carboxylic acids is 2. The molecular weight excluding hydrogens is 242 g/mol. The fourth-order valence-corrected chi connectivity index (χ4v) is 2.55. The van der Waals surface area contributed by atoms with Crippen LogP contribution in [0.15, 0.2) is 18.2 Å². The number of aryl methyl sites for hydroxylation is 2. The topological polar surface area (TPSA) is 46.6 Å². The van der Waals surface area contributed by atoms with Crippen LogP contribution in [0.3, 0.4) is 0 Å². The molecule has 0 aromatic heterocycles. The standard InChI is InChI=1S/C15H19NO3/c1-9-5-6-12(7-10(9)2)16-11(3)13(8-14(16)17)15(18)19-4/h5-7,11,13H,8H2,1-4H3. The molecule has 0 saturated carbocycles. The first kappa shape index (κ1) is 13.6. The maximum absolute atomic E-state index is 12.1. The molecule has 1 aliphatic heterocycles. The summed E-state index contributed by atoms with van der Waals surface area (Å²) in [7, 11) is 1.36. The zero-order valence-corrected chi connectivity index (χ0v) is 11.8. The van der Waals surface area contributed by atoms with Crippen LogP contribution in [-0.4, -0.2) is 25.0 Å². The van der Waals surface area contributed by atoms with Crippen LogP contribution in [0.1, 0.15) is 24.5 Å². The van der Waals surface area contributed by atoms with Crippen molar-refractivity contribution in [1.29, 1.82) is 0 Å². The lowest BCUT2D eigenvalue weighted by Crippen LogP contribution is -2.35. The third kappa shape index (κ3) is 2.35. The molecular formula is C15H19NO3. The zero-order valence-electron chi connectivity index (χ0n) is 11.8. The summed E-state index contributed by atoms with van der Waals surface area (Å²) >= 11 is 0. The van der Waals surface area contributed by atoms with Gasteiger partial charge in [0.15, 0.2) is 0 Å². The second-order valence-electron chi connectivity index (χ2n) is 5.11. The molecule has 1 fully saturated rings. The van der Waals surface area contributed by atoms with Crippen molar-refractivity contribution in [3.8, 4) is 0 Å². The number of methoxy groups -OCH3 is 1. The summed E-state index contributed by atoms with van der Waals surface area (Å²) in [6.07, 6.45) is 0.223. The van der Waals surface area contributed by atoms with Crippen molar-refractivity contribution < 1.29 is 14.3 Å². The monoisotopic (exact) mass is 261 g/mol. The van der Waals surface area contributed by atoms with E-state index in [1.165, 1.54) is 12.7 Å². The van der Waals surface area contributed by atoms with E-state index >= 15 is 0 Å². The summed E-state index contributed by atoms with van der Waals surface area (Å²) < 4.78 is 4.76. The molecule has 1 aromatic rings. The van der Waals surface area contributed by atoms with E-state index in [1.807, 2.05) is 39.0 Å². The van der Waals surface area contributed by atoms with Crippen LogP contribution in [0, 0.1) is 19.8 Å². The number of esters is 1. The second-order valence-corrected chi connectivity index (χ2v) is 5.11. The summed E-state index contributed by atoms with van der Waals surface area (Å²) in [6, 6.07) is 5.75. The van der Waals surface area contributed by atoms with Crippen LogP contribution in [-0.2, 0) is 14.3 Å². The Labute approximate surface area is 113 Å². The van der Waals surface area contributed by atoms with Gasteiger partial charge in [-0.3, -0.25) is 9.59 Å².